The largest absolute Gasteiger partial charge is 0.496 e. The third kappa shape index (κ3) is 3.10. The molecule has 21 heavy (non-hydrogen) atoms. The molecule has 1 N–H and O–H groups in total. The Kier molecular flexibility index (Phi) is 4.99. The van der Waals surface area contributed by atoms with Crippen LogP contribution in [0.3, 0.4) is 0 Å². The molecule has 118 valence electrons. The second kappa shape index (κ2) is 6.56. The maximum absolute atomic E-state index is 6.22. The monoisotopic (exact) mass is 293 g/mol. The van der Waals surface area contributed by atoms with Crippen LogP contribution in [0.15, 0.2) is 18.2 Å². The van der Waals surface area contributed by atoms with Crippen LogP contribution in [0.25, 0.3) is 0 Å². The van der Waals surface area contributed by atoms with Crippen LogP contribution in [0, 0.1) is 5.41 Å². The minimum atomic E-state index is 0.173. The minimum absolute atomic E-state index is 0.173. The van der Waals surface area contributed by atoms with Gasteiger partial charge < -0.3 is 19.5 Å². The highest BCUT2D eigenvalue weighted by atomic mass is 16.5. The molecule has 0 aromatic heterocycles. The molecule has 1 aliphatic carbocycles. The fraction of sp³-hybridized carbons (Fsp3) is 0.647. The first-order chi connectivity index (χ1) is 10.1. The Balaban J connectivity index is 2.11. The van der Waals surface area contributed by atoms with Crippen molar-refractivity contribution in [2.75, 3.05) is 20.8 Å². The first kappa shape index (κ1) is 16.0. The molecule has 4 nitrogen and oxygen atoms in total. The number of benzene rings is 1. The molecule has 0 aliphatic heterocycles. The maximum atomic E-state index is 6.22. The van der Waals surface area contributed by atoms with Gasteiger partial charge in [0.15, 0.2) is 0 Å². The molecule has 0 amide bonds. The van der Waals surface area contributed by atoms with Crippen LogP contribution < -0.4 is 19.5 Å². The normalized spacial score (nSPS) is 27.9. The molecular formula is C17H27NO3. The van der Waals surface area contributed by atoms with Gasteiger partial charge in [0.2, 0.25) is 0 Å². The Morgan fingerprint density at radius 2 is 1.67 bits per heavy atom. The van der Waals surface area contributed by atoms with Gasteiger partial charge in [0.05, 0.1) is 14.2 Å². The molecule has 3 atom stereocenters. The zero-order valence-electron chi connectivity index (χ0n) is 13.7. The molecular weight excluding hydrogens is 266 g/mol. The lowest BCUT2D eigenvalue weighted by Crippen LogP contribution is -2.63. The fourth-order valence-electron chi connectivity index (χ4n) is 3.05. The van der Waals surface area contributed by atoms with Crippen LogP contribution in [0.2, 0.25) is 0 Å². The van der Waals surface area contributed by atoms with Gasteiger partial charge in [-0.05, 0) is 13.0 Å². The molecule has 1 saturated carbocycles. The third-order valence-corrected chi connectivity index (χ3v) is 4.80. The molecule has 1 aromatic rings. The van der Waals surface area contributed by atoms with Crippen molar-refractivity contribution >= 4 is 0 Å². The van der Waals surface area contributed by atoms with Crippen molar-refractivity contribution in [1.29, 1.82) is 0 Å². The predicted molar refractivity (Wildman–Crippen MR) is 84.4 cm³/mol. The first-order valence-electron chi connectivity index (χ1n) is 7.70. The lowest BCUT2D eigenvalue weighted by molar-refractivity contribution is -0.0698. The molecule has 1 fully saturated rings. The van der Waals surface area contributed by atoms with Crippen molar-refractivity contribution in [2.45, 2.75) is 45.8 Å². The van der Waals surface area contributed by atoms with Gasteiger partial charge in [-0.3, -0.25) is 0 Å². The summed E-state index contributed by atoms with van der Waals surface area (Å²) in [6, 6.07) is 6.22. The summed E-state index contributed by atoms with van der Waals surface area (Å²) in [5.74, 6) is 2.32. The molecule has 0 radical (unpaired) electrons. The van der Waals surface area contributed by atoms with Crippen LogP contribution >= 0.6 is 0 Å². The number of nitrogens with one attached hydrogen (secondary N) is 1. The van der Waals surface area contributed by atoms with Crippen molar-refractivity contribution in [3.8, 4) is 17.2 Å². The van der Waals surface area contributed by atoms with Crippen LogP contribution in [0.1, 0.15) is 33.6 Å². The van der Waals surface area contributed by atoms with E-state index in [0.717, 1.165) is 36.6 Å². The number of hydrogen-bond donors (Lipinski definition) is 1. The summed E-state index contributed by atoms with van der Waals surface area (Å²) >= 11 is 0. The van der Waals surface area contributed by atoms with Crippen molar-refractivity contribution in [3.05, 3.63) is 18.2 Å². The van der Waals surface area contributed by atoms with Gasteiger partial charge in [-0.15, -0.1) is 0 Å². The van der Waals surface area contributed by atoms with E-state index in [-0.39, 0.29) is 11.5 Å². The second-order valence-electron chi connectivity index (χ2n) is 5.86. The first-order valence-corrected chi connectivity index (χ1v) is 7.70. The zero-order chi connectivity index (χ0) is 15.5. The topological polar surface area (TPSA) is 39.7 Å². The Hall–Kier alpha value is -1.42. The summed E-state index contributed by atoms with van der Waals surface area (Å²) in [5, 5.41) is 3.55. The van der Waals surface area contributed by atoms with Crippen molar-refractivity contribution in [2.24, 2.45) is 5.41 Å². The molecule has 1 aromatic carbocycles. The number of ether oxygens (including phenoxy) is 3. The highest BCUT2D eigenvalue weighted by molar-refractivity contribution is 5.42. The van der Waals surface area contributed by atoms with Gasteiger partial charge in [-0.25, -0.2) is 0 Å². The third-order valence-electron chi connectivity index (χ3n) is 4.80. The quantitative estimate of drug-likeness (QED) is 0.837. The van der Waals surface area contributed by atoms with Crippen LogP contribution in [-0.2, 0) is 0 Å². The number of hydrogen-bond acceptors (Lipinski definition) is 4. The second-order valence-corrected chi connectivity index (χ2v) is 5.86. The van der Waals surface area contributed by atoms with E-state index < -0.39 is 0 Å². The summed E-state index contributed by atoms with van der Waals surface area (Å²) in [4.78, 5) is 0. The highest BCUT2D eigenvalue weighted by Crippen LogP contribution is 2.46. The SMILES string of the molecule is CCNC1CC(Oc2cc(OC)cc(OC)c2)C1(C)CC. The van der Waals surface area contributed by atoms with E-state index in [2.05, 4.69) is 26.1 Å². The van der Waals surface area contributed by atoms with E-state index in [1.54, 1.807) is 14.2 Å². The Morgan fingerprint density at radius 3 is 2.14 bits per heavy atom. The van der Waals surface area contributed by atoms with Gasteiger partial charge >= 0.3 is 0 Å². The van der Waals surface area contributed by atoms with E-state index in [1.165, 1.54) is 0 Å². The molecule has 3 unspecified atom stereocenters. The average molecular weight is 293 g/mol. The highest BCUT2D eigenvalue weighted by Gasteiger charge is 2.51. The Bertz CT molecular complexity index is 455. The fourth-order valence-corrected chi connectivity index (χ4v) is 3.05. The van der Waals surface area contributed by atoms with E-state index in [4.69, 9.17) is 14.2 Å². The van der Waals surface area contributed by atoms with Gasteiger partial charge in [0.1, 0.15) is 23.4 Å². The molecule has 0 bridgehead atoms. The summed E-state index contributed by atoms with van der Waals surface area (Å²) in [5.41, 5.74) is 0.173. The Labute approximate surface area is 127 Å². The summed E-state index contributed by atoms with van der Waals surface area (Å²) in [7, 11) is 3.30. The van der Waals surface area contributed by atoms with Crippen LogP contribution in [0.5, 0.6) is 17.2 Å². The molecule has 4 heteroatoms. The van der Waals surface area contributed by atoms with E-state index in [0.29, 0.717) is 6.04 Å². The minimum Gasteiger partial charge on any atom is -0.496 e. The standard InChI is InChI=1S/C17H27NO3/c1-6-17(3)15(18-7-2)11-16(17)21-14-9-12(19-4)8-13(10-14)20-5/h8-10,15-16,18H,6-7,11H2,1-5H3. The van der Waals surface area contributed by atoms with Crippen molar-refractivity contribution in [3.63, 3.8) is 0 Å². The predicted octanol–water partition coefficient (Wildman–Crippen LogP) is 3.25. The molecule has 1 aliphatic rings. The molecule has 0 saturated heterocycles. The van der Waals surface area contributed by atoms with Crippen molar-refractivity contribution < 1.29 is 14.2 Å². The van der Waals surface area contributed by atoms with E-state index in [1.807, 2.05) is 18.2 Å². The van der Waals surface area contributed by atoms with Gasteiger partial charge in [-0.1, -0.05) is 20.8 Å². The molecule has 2 rings (SSSR count). The van der Waals surface area contributed by atoms with Crippen LogP contribution in [0.4, 0.5) is 0 Å². The summed E-state index contributed by atoms with van der Waals surface area (Å²) in [6.07, 6.45) is 2.36. The van der Waals surface area contributed by atoms with E-state index in [9.17, 15) is 0 Å². The van der Waals surface area contributed by atoms with Crippen molar-refractivity contribution in [1.82, 2.24) is 5.32 Å². The smallest absolute Gasteiger partial charge is 0.127 e. The molecule has 0 heterocycles. The number of methoxy groups -OCH3 is 2. The lowest BCUT2D eigenvalue weighted by Gasteiger charge is -2.53. The average Bonchev–Trinajstić information content (AvgIpc) is 2.52. The van der Waals surface area contributed by atoms with Gasteiger partial charge in [-0.2, -0.15) is 0 Å². The van der Waals surface area contributed by atoms with Gasteiger partial charge in [0.25, 0.3) is 0 Å². The molecule has 0 spiro atoms. The summed E-state index contributed by atoms with van der Waals surface area (Å²) in [6.45, 7) is 7.68. The van der Waals surface area contributed by atoms with Crippen LogP contribution in [-0.4, -0.2) is 32.9 Å². The Morgan fingerprint density at radius 1 is 1.10 bits per heavy atom. The number of rotatable bonds is 7. The van der Waals surface area contributed by atoms with E-state index >= 15 is 0 Å². The lowest BCUT2D eigenvalue weighted by atomic mass is 9.61. The maximum Gasteiger partial charge on any atom is 0.127 e. The van der Waals surface area contributed by atoms with Gasteiger partial charge in [0, 0.05) is 36.1 Å². The summed E-state index contributed by atoms with van der Waals surface area (Å²) < 4.78 is 16.8. The zero-order valence-corrected chi connectivity index (χ0v) is 13.7.